The quantitative estimate of drug-likeness (QED) is 0.661. The van der Waals surface area contributed by atoms with E-state index in [0.29, 0.717) is 21.4 Å². The van der Waals surface area contributed by atoms with Crippen molar-refractivity contribution in [2.75, 3.05) is 6.61 Å². The molecule has 0 atom stereocenters. The average Bonchev–Trinajstić information content (AvgIpc) is 2.76. The molecule has 0 unspecified atom stereocenters. The second kappa shape index (κ2) is 5.61. The molecule has 0 aliphatic rings. The minimum atomic E-state index is -0.322. The van der Waals surface area contributed by atoms with E-state index in [-0.39, 0.29) is 5.82 Å². The number of fused-ring (bicyclic) bond motifs is 1. The number of ether oxygens (including phenoxy) is 1. The van der Waals surface area contributed by atoms with Crippen molar-refractivity contribution >= 4 is 39.2 Å². The molecular formula is C15H12BrFN2OS. The summed E-state index contributed by atoms with van der Waals surface area (Å²) in [5, 5.41) is 0. The average molecular weight is 367 g/mol. The number of imidazole rings is 1. The molecule has 1 aromatic heterocycles. The summed E-state index contributed by atoms with van der Waals surface area (Å²) in [4.78, 5) is 3.02. The Morgan fingerprint density at radius 1 is 1.29 bits per heavy atom. The smallest absolute Gasteiger partial charge is 0.182 e. The molecular weight excluding hydrogens is 355 g/mol. The summed E-state index contributed by atoms with van der Waals surface area (Å²) < 4.78 is 21.8. The number of nitrogens with zero attached hydrogens (tertiary/aromatic N) is 1. The van der Waals surface area contributed by atoms with Gasteiger partial charge in [-0.3, -0.25) is 4.57 Å². The van der Waals surface area contributed by atoms with E-state index >= 15 is 0 Å². The lowest BCUT2D eigenvalue weighted by Crippen LogP contribution is -1.95. The molecule has 1 heterocycles. The number of halogens is 2. The molecule has 1 N–H and O–H groups in total. The number of rotatable bonds is 3. The lowest BCUT2D eigenvalue weighted by atomic mass is 10.2. The van der Waals surface area contributed by atoms with Gasteiger partial charge in [0.25, 0.3) is 0 Å². The highest BCUT2D eigenvalue weighted by Crippen LogP contribution is 2.26. The number of H-pyrrole nitrogens is 1. The Hall–Kier alpha value is -1.66. The van der Waals surface area contributed by atoms with Gasteiger partial charge in [0.1, 0.15) is 11.6 Å². The van der Waals surface area contributed by atoms with Crippen LogP contribution in [0.15, 0.2) is 40.9 Å². The molecule has 0 aliphatic heterocycles. The Kier molecular flexibility index (Phi) is 3.82. The summed E-state index contributed by atoms with van der Waals surface area (Å²) >= 11 is 8.55. The maximum absolute atomic E-state index is 13.6. The van der Waals surface area contributed by atoms with Crippen molar-refractivity contribution in [2.45, 2.75) is 6.92 Å². The zero-order valence-corrected chi connectivity index (χ0v) is 13.6. The summed E-state index contributed by atoms with van der Waals surface area (Å²) in [5.74, 6) is 0.484. The summed E-state index contributed by atoms with van der Waals surface area (Å²) in [6.07, 6.45) is 0. The topological polar surface area (TPSA) is 29.9 Å². The van der Waals surface area contributed by atoms with E-state index in [1.54, 1.807) is 6.07 Å². The van der Waals surface area contributed by atoms with Crippen molar-refractivity contribution in [3.05, 3.63) is 51.5 Å². The van der Waals surface area contributed by atoms with E-state index in [1.807, 2.05) is 35.8 Å². The molecule has 3 aromatic rings. The first-order valence-corrected chi connectivity index (χ1v) is 7.63. The number of aromatic amines is 1. The number of aromatic nitrogens is 2. The molecule has 0 spiro atoms. The normalized spacial score (nSPS) is 11.0. The summed E-state index contributed by atoms with van der Waals surface area (Å²) in [7, 11) is 0. The van der Waals surface area contributed by atoms with Crippen LogP contribution in [0.25, 0.3) is 16.7 Å². The third-order valence-electron chi connectivity index (χ3n) is 3.13. The van der Waals surface area contributed by atoms with Gasteiger partial charge in [0.05, 0.1) is 22.1 Å². The lowest BCUT2D eigenvalue weighted by Gasteiger charge is -2.07. The Morgan fingerprint density at radius 3 is 2.67 bits per heavy atom. The maximum atomic E-state index is 13.6. The molecule has 6 heteroatoms. The highest BCUT2D eigenvalue weighted by atomic mass is 79.9. The van der Waals surface area contributed by atoms with Crippen molar-refractivity contribution in [2.24, 2.45) is 0 Å². The Bertz CT molecular complexity index is 854. The zero-order valence-electron chi connectivity index (χ0n) is 11.2. The van der Waals surface area contributed by atoms with Crippen LogP contribution in [0.5, 0.6) is 5.75 Å². The van der Waals surface area contributed by atoms with Crippen LogP contribution in [-0.2, 0) is 0 Å². The molecule has 0 bridgehead atoms. The van der Waals surface area contributed by atoms with E-state index in [0.717, 1.165) is 17.0 Å². The highest BCUT2D eigenvalue weighted by Gasteiger charge is 2.10. The van der Waals surface area contributed by atoms with Gasteiger partial charge in [-0.25, -0.2) is 4.39 Å². The standard InChI is InChI=1S/C15H12BrFN2OS/c1-2-20-10-5-3-9(4-6-10)19-14-7-11(16)12(17)8-13(14)18-15(19)21/h3-8H,2H2,1H3,(H,18,21). The van der Waals surface area contributed by atoms with Gasteiger partial charge in [-0.05, 0) is 65.4 Å². The van der Waals surface area contributed by atoms with Crippen LogP contribution in [0.1, 0.15) is 6.92 Å². The van der Waals surface area contributed by atoms with E-state index in [1.165, 1.54) is 6.07 Å². The van der Waals surface area contributed by atoms with Crippen molar-refractivity contribution in [3.8, 4) is 11.4 Å². The minimum absolute atomic E-state index is 0.322. The van der Waals surface area contributed by atoms with Crippen LogP contribution in [-0.4, -0.2) is 16.2 Å². The molecule has 0 saturated heterocycles. The second-order valence-corrected chi connectivity index (χ2v) is 5.72. The maximum Gasteiger partial charge on any atom is 0.182 e. The SMILES string of the molecule is CCOc1ccc(-n2c(=S)[nH]c3cc(F)c(Br)cc32)cc1. The number of benzene rings is 2. The third-order valence-corrected chi connectivity index (χ3v) is 4.02. The van der Waals surface area contributed by atoms with Crippen molar-refractivity contribution in [1.82, 2.24) is 9.55 Å². The van der Waals surface area contributed by atoms with Gasteiger partial charge in [-0.1, -0.05) is 0 Å². The molecule has 3 nitrogen and oxygen atoms in total. The Labute approximate surface area is 134 Å². The number of hydrogen-bond donors (Lipinski definition) is 1. The van der Waals surface area contributed by atoms with E-state index in [2.05, 4.69) is 20.9 Å². The monoisotopic (exact) mass is 366 g/mol. The Morgan fingerprint density at radius 2 is 2.00 bits per heavy atom. The van der Waals surface area contributed by atoms with Gasteiger partial charge >= 0.3 is 0 Å². The third kappa shape index (κ3) is 2.61. The first kappa shape index (κ1) is 14.3. The van der Waals surface area contributed by atoms with E-state index in [9.17, 15) is 4.39 Å². The fourth-order valence-electron chi connectivity index (χ4n) is 2.22. The molecule has 108 valence electrons. The van der Waals surface area contributed by atoms with E-state index < -0.39 is 0 Å². The van der Waals surface area contributed by atoms with Crippen molar-refractivity contribution in [1.29, 1.82) is 0 Å². The first-order chi connectivity index (χ1) is 10.1. The predicted molar refractivity (Wildman–Crippen MR) is 87.3 cm³/mol. The van der Waals surface area contributed by atoms with Gasteiger partial charge in [0.2, 0.25) is 0 Å². The summed E-state index contributed by atoms with van der Waals surface area (Å²) in [6.45, 7) is 2.56. The minimum Gasteiger partial charge on any atom is -0.494 e. The van der Waals surface area contributed by atoms with Crippen molar-refractivity contribution < 1.29 is 9.13 Å². The van der Waals surface area contributed by atoms with Gasteiger partial charge in [-0.15, -0.1) is 0 Å². The van der Waals surface area contributed by atoms with Crippen LogP contribution in [0.2, 0.25) is 0 Å². The van der Waals surface area contributed by atoms with Crippen LogP contribution >= 0.6 is 28.1 Å². The predicted octanol–water partition coefficient (Wildman–Crippen LogP) is 4.99. The molecule has 21 heavy (non-hydrogen) atoms. The number of hydrogen-bond acceptors (Lipinski definition) is 2. The highest BCUT2D eigenvalue weighted by molar-refractivity contribution is 9.10. The fraction of sp³-hybridized carbons (Fsp3) is 0.133. The molecule has 0 saturated carbocycles. The van der Waals surface area contributed by atoms with E-state index in [4.69, 9.17) is 17.0 Å². The Balaban J connectivity index is 2.17. The van der Waals surface area contributed by atoms with Crippen LogP contribution in [0.3, 0.4) is 0 Å². The summed E-state index contributed by atoms with van der Waals surface area (Å²) in [6, 6.07) is 10.8. The summed E-state index contributed by atoms with van der Waals surface area (Å²) in [5.41, 5.74) is 2.38. The van der Waals surface area contributed by atoms with Gasteiger partial charge in [-0.2, -0.15) is 0 Å². The molecule has 0 aliphatic carbocycles. The second-order valence-electron chi connectivity index (χ2n) is 4.48. The lowest BCUT2D eigenvalue weighted by molar-refractivity contribution is 0.340. The van der Waals surface area contributed by atoms with Crippen LogP contribution in [0, 0.1) is 10.6 Å². The zero-order chi connectivity index (χ0) is 15.0. The van der Waals surface area contributed by atoms with Gasteiger partial charge < -0.3 is 9.72 Å². The van der Waals surface area contributed by atoms with Crippen LogP contribution in [0.4, 0.5) is 4.39 Å². The first-order valence-electron chi connectivity index (χ1n) is 6.43. The molecule has 3 rings (SSSR count). The fourth-order valence-corrected chi connectivity index (χ4v) is 2.86. The molecule has 0 fully saturated rings. The van der Waals surface area contributed by atoms with Crippen LogP contribution < -0.4 is 4.74 Å². The number of nitrogens with one attached hydrogen (secondary N) is 1. The van der Waals surface area contributed by atoms with Gasteiger partial charge in [0, 0.05) is 11.8 Å². The molecule has 0 amide bonds. The van der Waals surface area contributed by atoms with Crippen molar-refractivity contribution in [3.63, 3.8) is 0 Å². The molecule has 2 aromatic carbocycles. The largest absolute Gasteiger partial charge is 0.494 e. The van der Waals surface area contributed by atoms with Gasteiger partial charge in [0.15, 0.2) is 4.77 Å². The molecule has 0 radical (unpaired) electrons.